The molecule has 1 fully saturated rings. The number of nitrogens with one attached hydrogen (secondary N) is 3. The van der Waals surface area contributed by atoms with Gasteiger partial charge in [0.15, 0.2) is 10.9 Å². The minimum absolute atomic E-state index is 0.0335. The van der Waals surface area contributed by atoms with Crippen molar-refractivity contribution in [2.24, 2.45) is 0 Å². The Morgan fingerprint density at radius 3 is 2.45 bits per heavy atom. The van der Waals surface area contributed by atoms with Gasteiger partial charge in [-0.3, -0.25) is 25.0 Å². The van der Waals surface area contributed by atoms with E-state index in [-0.39, 0.29) is 28.0 Å². The van der Waals surface area contributed by atoms with E-state index >= 15 is 0 Å². The van der Waals surface area contributed by atoms with Gasteiger partial charge in [0, 0.05) is 41.5 Å². The van der Waals surface area contributed by atoms with Crippen LogP contribution in [0.2, 0.25) is 0 Å². The fourth-order valence-electron chi connectivity index (χ4n) is 4.71. The summed E-state index contributed by atoms with van der Waals surface area (Å²) in [7, 11) is 0. The van der Waals surface area contributed by atoms with Crippen molar-refractivity contribution in [1.29, 1.82) is 0 Å². The highest BCUT2D eigenvalue weighted by Crippen LogP contribution is 2.31. The first-order chi connectivity index (χ1) is 19.3. The molecule has 3 aromatic carbocycles. The summed E-state index contributed by atoms with van der Waals surface area (Å²) in [4.78, 5) is 38.8. The predicted molar refractivity (Wildman–Crippen MR) is 158 cm³/mol. The molecule has 204 valence electrons. The van der Waals surface area contributed by atoms with Crippen LogP contribution in [0.5, 0.6) is 0 Å². The van der Waals surface area contributed by atoms with Crippen molar-refractivity contribution >= 4 is 62.9 Å². The van der Waals surface area contributed by atoms with Crippen LogP contribution < -0.4 is 20.9 Å². The highest BCUT2D eigenvalue weighted by Gasteiger charge is 2.23. The van der Waals surface area contributed by atoms with Gasteiger partial charge in [0.2, 0.25) is 0 Å². The van der Waals surface area contributed by atoms with Gasteiger partial charge >= 0.3 is 0 Å². The molecule has 40 heavy (non-hydrogen) atoms. The first-order valence-electron chi connectivity index (χ1n) is 12.8. The third kappa shape index (κ3) is 5.94. The average Bonchev–Trinajstić information content (AvgIpc) is 3.39. The van der Waals surface area contributed by atoms with Gasteiger partial charge in [-0.05, 0) is 86.4 Å². The first kappa shape index (κ1) is 26.8. The number of piperidine rings is 1. The predicted octanol–water partition coefficient (Wildman–Crippen LogP) is 6.02. The van der Waals surface area contributed by atoms with Crippen molar-refractivity contribution < 1.29 is 18.9 Å². The van der Waals surface area contributed by atoms with Crippen LogP contribution in [0, 0.1) is 17.0 Å². The summed E-state index contributed by atoms with van der Waals surface area (Å²) in [5.41, 5.74) is 3.12. The van der Waals surface area contributed by atoms with E-state index in [1.165, 1.54) is 6.07 Å². The molecule has 0 saturated carbocycles. The molecule has 11 heteroatoms. The number of nitrogens with zero attached hydrogens (tertiary/aromatic N) is 2. The van der Waals surface area contributed by atoms with E-state index in [0.717, 1.165) is 43.3 Å². The Balaban J connectivity index is 1.21. The number of nitro benzene ring substituents is 1. The number of aryl methyl sites for hydroxylation is 1. The SMILES string of the molecule is Cc1cc(NC(=S)NC(=O)c2ccc(N3CCCCC3)c([N+](=O)[O-])c2)ccc1NC(=O)c1cc2ccccc2o1. The van der Waals surface area contributed by atoms with Gasteiger partial charge in [0.05, 0.1) is 4.92 Å². The molecule has 1 aliphatic heterocycles. The molecule has 0 atom stereocenters. The van der Waals surface area contributed by atoms with Gasteiger partial charge in [-0.1, -0.05) is 18.2 Å². The second-order valence-corrected chi connectivity index (χ2v) is 9.96. The molecule has 1 saturated heterocycles. The lowest BCUT2D eigenvalue weighted by Gasteiger charge is -2.28. The molecule has 2 heterocycles. The van der Waals surface area contributed by atoms with Crippen LogP contribution in [-0.2, 0) is 0 Å². The fraction of sp³-hybridized carbons (Fsp3) is 0.207. The van der Waals surface area contributed by atoms with E-state index in [9.17, 15) is 19.7 Å². The minimum atomic E-state index is -0.558. The van der Waals surface area contributed by atoms with Crippen molar-refractivity contribution in [2.75, 3.05) is 28.6 Å². The van der Waals surface area contributed by atoms with Crippen LogP contribution in [0.15, 0.2) is 71.1 Å². The van der Waals surface area contributed by atoms with Crippen molar-refractivity contribution in [3.05, 3.63) is 93.7 Å². The monoisotopic (exact) mass is 557 g/mol. The standard InChI is InChI=1S/C29H27N5O5S/c1-18-15-21(10-11-22(18)31-28(36)26-17-19-7-3-4-8-25(19)39-26)30-29(40)32-27(35)20-9-12-23(24(16-20)34(37)38)33-13-5-2-6-14-33/h3-4,7-12,15-17H,2,5-6,13-14H2,1H3,(H,31,36)(H2,30,32,35,40). The zero-order valence-corrected chi connectivity index (χ0v) is 22.5. The Kier molecular flexibility index (Phi) is 7.74. The van der Waals surface area contributed by atoms with E-state index in [0.29, 0.717) is 22.6 Å². The molecule has 3 N–H and O–H groups in total. The van der Waals surface area contributed by atoms with Crippen molar-refractivity contribution in [3.63, 3.8) is 0 Å². The molecule has 0 unspecified atom stereocenters. The highest BCUT2D eigenvalue weighted by atomic mass is 32.1. The number of anilines is 3. The van der Waals surface area contributed by atoms with Crippen LogP contribution in [0.4, 0.5) is 22.7 Å². The molecule has 2 amide bonds. The van der Waals surface area contributed by atoms with Crippen molar-refractivity contribution in [1.82, 2.24) is 5.32 Å². The molecular formula is C29H27N5O5S. The molecule has 1 aromatic heterocycles. The zero-order valence-electron chi connectivity index (χ0n) is 21.7. The van der Waals surface area contributed by atoms with Crippen LogP contribution >= 0.6 is 12.2 Å². The third-order valence-corrected chi connectivity index (χ3v) is 6.94. The number of carbonyl (C=O) groups excluding carboxylic acids is 2. The number of para-hydroxylation sites is 1. The van der Waals surface area contributed by atoms with Gasteiger partial charge in [-0.25, -0.2) is 0 Å². The summed E-state index contributed by atoms with van der Waals surface area (Å²) in [5.74, 6) is -0.726. The quantitative estimate of drug-likeness (QED) is 0.149. The lowest BCUT2D eigenvalue weighted by Crippen LogP contribution is -2.34. The van der Waals surface area contributed by atoms with Crippen LogP contribution in [-0.4, -0.2) is 34.9 Å². The zero-order chi connectivity index (χ0) is 28.2. The molecule has 10 nitrogen and oxygen atoms in total. The normalized spacial score (nSPS) is 13.1. The topological polar surface area (TPSA) is 130 Å². The summed E-state index contributed by atoms with van der Waals surface area (Å²) in [5, 5.41) is 21.0. The van der Waals surface area contributed by atoms with E-state index < -0.39 is 10.8 Å². The molecule has 0 bridgehead atoms. The number of furan rings is 1. The van der Waals surface area contributed by atoms with Gasteiger partial charge < -0.3 is 20.0 Å². The third-order valence-electron chi connectivity index (χ3n) is 6.74. The first-order valence-corrected chi connectivity index (χ1v) is 13.3. The number of carbonyl (C=O) groups is 2. The molecule has 4 aromatic rings. The number of amides is 2. The molecule has 0 spiro atoms. The molecule has 0 radical (unpaired) electrons. The van der Waals surface area contributed by atoms with E-state index in [2.05, 4.69) is 16.0 Å². The van der Waals surface area contributed by atoms with Gasteiger partial charge in [0.25, 0.3) is 17.5 Å². The van der Waals surface area contributed by atoms with E-state index in [1.807, 2.05) is 30.0 Å². The second-order valence-electron chi connectivity index (χ2n) is 9.55. The average molecular weight is 558 g/mol. The van der Waals surface area contributed by atoms with Gasteiger partial charge in [0.1, 0.15) is 11.3 Å². The summed E-state index contributed by atoms with van der Waals surface area (Å²) in [6, 6.07) is 18.7. The Labute approximate surface area is 235 Å². The largest absolute Gasteiger partial charge is 0.451 e. The van der Waals surface area contributed by atoms with Crippen molar-refractivity contribution in [2.45, 2.75) is 26.2 Å². The Hall–Kier alpha value is -4.77. The van der Waals surface area contributed by atoms with E-state index in [4.69, 9.17) is 16.6 Å². The molecule has 1 aliphatic rings. The van der Waals surface area contributed by atoms with Crippen LogP contribution in [0.1, 0.15) is 45.7 Å². The Morgan fingerprint density at radius 1 is 0.950 bits per heavy atom. The summed E-state index contributed by atoms with van der Waals surface area (Å²) < 4.78 is 5.63. The number of hydrogen-bond donors (Lipinski definition) is 3. The number of nitro groups is 1. The van der Waals surface area contributed by atoms with Crippen molar-refractivity contribution in [3.8, 4) is 0 Å². The highest BCUT2D eigenvalue weighted by molar-refractivity contribution is 7.80. The summed E-state index contributed by atoms with van der Waals surface area (Å²) in [6.07, 6.45) is 3.06. The molecule has 0 aliphatic carbocycles. The van der Waals surface area contributed by atoms with Gasteiger partial charge in [-0.15, -0.1) is 0 Å². The fourth-order valence-corrected chi connectivity index (χ4v) is 4.92. The maximum Gasteiger partial charge on any atom is 0.293 e. The smallest absolute Gasteiger partial charge is 0.293 e. The Bertz CT molecular complexity index is 1590. The minimum Gasteiger partial charge on any atom is -0.451 e. The van der Waals surface area contributed by atoms with Crippen LogP contribution in [0.3, 0.4) is 0 Å². The lowest BCUT2D eigenvalue weighted by molar-refractivity contribution is -0.384. The number of fused-ring (bicyclic) bond motifs is 1. The summed E-state index contributed by atoms with van der Waals surface area (Å²) >= 11 is 5.30. The number of hydrogen-bond acceptors (Lipinski definition) is 7. The second kappa shape index (κ2) is 11.5. The number of rotatable bonds is 6. The van der Waals surface area contributed by atoms with E-state index in [1.54, 1.807) is 42.5 Å². The lowest BCUT2D eigenvalue weighted by atomic mass is 10.1. The Morgan fingerprint density at radius 2 is 1.73 bits per heavy atom. The molecule has 5 rings (SSSR count). The summed E-state index contributed by atoms with van der Waals surface area (Å²) in [6.45, 7) is 3.33. The maximum absolute atomic E-state index is 12.8. The number of thiocarbonyl (C=S) groups is 1. The van der Waals surface area contributed by atoms with Gasteiger partial charge in [-0.2, -0.15) is 0 Å². The number of benzene rings is 3. The molecular weight excluding hydrogens is 530 g/mol. The maximum atomic E-state index is 12.8. The van der Waals surface area contributed by atoms with Crippen LogP contribution in [0.25, 0.3) is 11.0 Å².